The summed E-state index contributed by atoms with van der Waals surface area (Å²) >= 11 is 0. The van der Waals surface area contributed by atoms with Gasteiger partial charge in [0, 0.05) is 67.9 Å². The number of carbonyl (C=O) groups is 1. The van der Waals surface area contributed by atoms with Crippen LogP contribution in [0.2, 0.25) is 0 Å². The lowest BCUT2D eigenvalue weighted by molar-refractivity contribution is -0.137. The highest BCUT2D eigenvalue weighted by Gasteiger charge is 2.66. The minimum absolute atomic E-state index is 0.129. The van der Waals surface area contributed by atoms with Gasteiger partial charge in [0.25, 0.3) is 5.91 Å². The zero-order valence-electron chi connectivity index (χ0n) is 26.3. The molecule has 240 valence electrons. The molecular weight excluding hydrogens is 591 g/mol. The number of anilines is 1. The number of benzene rings is 3. The maximum Gasteiger partial charge on any atom is 0.416 e. The van der Waals surface area contributed by atoms with E-state index in [2.05, 4.69) is 45.9 Å². The number of likely N-dealkylation sites (N-methyl/N-ethyl adjacent to an activating group) is 1. The standard InChI is InChI=1S/C37H38F3N3O3/c1-41(2)29-22-31(44)34-33-26(29)21-30-27-14-15-28(42(3)32(45)16-11-24-9-12-25(13-10-24)37(38,39)40)35(46-34)36(27,33)18-20-43(30)19-17-23-7-5-4-6-8-23/h4-10,12-13,22,27-28,30,35,44H,14-15,17-21H2,1-3H3/t27-,28-,30+,35-,36-/m0/s1. The summed E-state index contributed by atoms with van der Waals surface area (Å²) in [6.45, 7) is 1.86. The molecule has 2 bridgehead atoms. The topological polar surface area (TPSA) is 56.3 Å². The van der Waals surface area contributed by atoms with E-state index in [1.807, 2.05) is 26.2 Å². The van der Waals surface area contributed by atoms with Gasteiger partial charge in [-0.3, -0.25) is 9.69 Å². The molecule has 7 rings (SSSR count). The lowest BCUT2D eigenvalue weighted by Gasteiger charge is -2.60. The number of aromatic hydroxyl groups is 1. The Kier molecular flexibility index (Phi) is 7.47. The highest BCUT2D eigenvalue weighted by Crippen LogP contribution is 2.65. The first-order chi connectivity index (χ1) is 22.0. The molecule has 2 aliphatic carbocycles. The van der Waals surface area contributed by atoms with Crippen LogP contribution < -0.4 is 9.64 Å². The van der Waals surface area contributed by atoms with Gasteiger partial charge in [0.05, 0.1) is 11.6 Å². The summed E-state index contributed by atoms with van der Waals surface area (Å²) in [5.74, 6) is 5.99. The second-order valence-electron chi connectivity index (χ2n) is 13.4. The molecule has 4 aliphatic rings. The molecular formula is C37H38F3N3O3. The van der Waals surface area contributed by atoms with E-state index in [0.29, 0.717) is 23.3 Å². The van der Waals surface area contributed by atoms with Crippen molar-refractivity contribution in [3.8, 4) is 23.3 Å². The first kappa shape index (κ1) is 30.5. The molecule has 0 radical (unpaired) electrons. The first-order valence-electron chi connectivity index (χ1n) is 16.0. The van der Waals surface area contributed by atoms with E-state index in [1.54, 1.807) is 11.9 Å². The summed E-state index contributed by atoms with van der Waals surface area (Å²) in [5.41, 5.74) is 3.90. The van der Waals surface area contributed by atoms with Gasteiger partial charge in [-0.1, -0.05) is 36.3 Å². The largest absolute Gasteiger partial charge is 0.504 e. The number of rotatable bonds is 5. The third-order valence-electron chi connectivity index (χ3n) is 10.9. The van der Waals surface area contributed by atoms with E-state index in [9.17, 15) is 23.1 Å². The summed E-state index contributed by atoms with van der Waals surface area (Å²) in [6.07, 6.45) is -0.420. The molecule has 1 saturated carbocycles. The van der Waals surface area contributed by atoms with Crippen LogP contribution in [0, 0.1) is 17.8 Å². The maximum absolute atomic E-state index is 13.5. The average molecular weight is 630 g/mol. The number of hydrogen-bond donors (Lipinski definition) is 1. The Balaban J connectivity index is 1.20. The lowest BCUT2D eigenvalue weighted by atomic mass is 9.50. The number of hydrogen-bond acceptors (Lipinski definition) is 5. The Morgan fingerprint density at radius 2 is 1.83 bits per heavy atom. The number of nitrogens with zero attached hydrogens (tertiary/aromatic N) is 3. The molecule has 1 amide bonds. The Morgan fingerprint density at radius 3 is 2.52 bits per heavy atom. The van der Waals surface area contributed by atoms with Gasteiger partial charge in [0.1, 0.15) is 6.10 Å². The summed E-state index contributed by atoms with van der Waals surface area (Å²) in [7, 11) is 5.74. The Hall–Kier alpha value is -4.16. The van der Waals surface area contributed by atoms with E-state index in [-0.39, 0.29) is 23.3 Å². The lowest BCUT2D eigenvalue weighted by Crippen LogP contribution is -2.69. The number of phenols is 1. The molecule has 1 N–H and O–H groups in total. The fourth-order valence-corrected chi connectivity index (χ4v) is 8.76. The normalized spacial score (nSPS) is 26.0. The van der Waals surface area contributed by atoms with Crippen LogP contribution in [0.5, 0.6) is 11.5 Å². The Bertz CT molecular complexity index is 1710. The van der Waals surface area contributed by atoms with Gasteiger partial charge in [0.2, 0.25) is 0 Å². The second kappa shape index (κ2) is 11.3. The van der Waals surface area contributed by atoms with E-state index in [0.717, 1.165) is 68.6 Å². The van der Waals surface area contributed by atoms with Crippen molar-refractivity contribution in [1.29, 1.82) is 0 Å². The van der Waals surface area contributed by atoms with Crippen molar-refractivity contribution in [3.63, 3.8) is 0 Å². The van der Waals surface area contributed by atoms with Gasteiger partial charge in [-0.15, -0.1) is 0 Å². The fraction of sp³-hybridized carbons (Fsp3) is 0.432. The molecule has 1 saturated heterocycles. The molecule has 2 aliphatic heterocycles. The smallest absolute Gasteiger partial charge is 0.416 e. The number of piperidine rings is 1. The quantitative estimate of drug-likeness (QED) is 0.371. The highest BCUT2D eigenvalue weighted by molar-refractivity contribution is 5.94. The van der Waals surface area contributed by atoms with E-state index >= 15 is 0 Å². The van der Waals surface area contributed by atoms with Crippen LogP contribution in [0.3, 0.4) is 0 Å². The Morgan fingerprint density at radius 1 is 1.09 bits per heavy atom. The van der Waals surface area contributed by atoms with Crippen molar-refractivity contribution in [2.45, 2.75) is 61.9 Å². The number of phenolic OH excluding ortho intramolecular Hbond substituents is 1. The highest BCUT2D eigenvalue weighted by atomic mass is 19.4. The molecule has 9 heteroatoms. The summed E-state index contributed by atoms with van der Waals surface area (Å²) in [5, 5.41) is 11.3. The van der Waals surface area contributed by atoms with E-state index in [1.165, 1.54) is 23.3 Å². The molecule has 0 unspecified atom stereocenters. The summed E-state index contributed by atoms with van der Waals surface area (Å²) in [6, 6.07) is 16.9. The summed E-state index contributed by atoms with van der Waals surface area (Å²) < 4.78 is 45.7. The van der Waals surface area contributed by atoms with Crippen molar-refractivity contribution in [1.82, 2.24) is 9.80 Å². The number of likely N-dealkylation sites (tertiary alicyclic amines) is 1. The monoisotopic (exact) mass is 629 g/mol. The van der Waals surface area contributed by atoms with E-state index < -0.39 is 17.6 Å². The van der Waals surface area contributed by atoms with Crippen LogP contribution in [0.4, 0.5) is 18.9 Å². The van der Waals surface area contributed by atoms with Gasteiger partial charge >= 0.3 is 6.18 Å². The van der Waals surface area contributed by atoms with Crippen molar-refractivity contribution >= 4 is 11.6 Å². The molecule has 5 atom stereocenters. The first-order valence-corrected chi connectivity index (χ1v) is 16.0. The Labute approximate surface area is 267 Å². The summed E-state index contributed by atoms with van der Waals surface area (Å²) in [4.78, 5) is 19.8. The molecule has 3 aromatic rings. The zero-order chi connectivity index (χ0) is 32.4. The molecule has 46 heavy (non-hydrogen) atoms. The van der Waals surface area contributed by atoms with Crippen LogP contribution in [-0.4, -0.2) is 73.2 Å². The van der Waals surface area contributed by atoms with Crippen LogP contribution >= 0.6 is 0 Å². The van der Waals surface area contributed by atoms with Gasteiger partial charge in [-0.2, -0.15) is 13.2 Å². The van der Waals surface area contributed by atoms with Crippen molar-refractivity contribution in [2.24, 2.45) is 5.92 Å². The molecule has 2 fully saturated rings. The van der Waals surface area contributed by atoms with Crippen LogP contribution in [-0.2, 0) is 29.2 Å². The average Bonchev–Trinajstić information content (AvgIpc) is 3.39. The number of ether oxygens (including phenoxy) is 1. The van der Waals surface area contributed by atoms with Gasteiger partial charge < -0.3 is 19.6 Å². The second-order valence-corrected chi connectivity index (χ2v) is 13.4. The molecule has 3 aromatic carbocycles. The number of amides is 1. The van der Waals surface area contributed by atoms with Crippen molar-refractivity contribution < 1.29 is 27.8 Å². The fourth-order valence-electron chi connectivity index (χ4n) is 8.76. The minimum atomic E-state index is -4.43. The molecule has 6 nitrogen and oxygen atoms in total. The third kappa shape index (κ3) is 4.89. The van der Waals surface area contributed by atoms with Crippen molar-refractivity contribution in [2.75, 3.05) is 39.1 Å². The van der Waals surface area contributed by atoms with Gasteiger partial charge in [-0.05, 0) is 80.0 Å². The van der Waals surface area contributed by atoms with Crippen molar-refractivity contribution in [3.05, 3.63) is 88.5 Å². The third-order valence-corrected chi connectivity index (χ3v) is 10.9. The number of halogens is 3. The van der Waals surface area contributed by atoms with E-state index in [4.69, 9.17) is 4.74 Å². The SMILES string of the molecule is CN(C)c1cc(O)c2c3c1C[C@@H]1[C@@H]4CC[C@H](N(C)C(=O)C#Cc5ccc(C(F)(F)F)cc5)[C@H](O2)[C@]34CCN1CCc1ccccc1. The van der Waals surface area contributed by atoms with Crippen LogP contribution in [0.25, 0.3) is 0 Å². The van der Waals surface area contributed by atoms with Crippen LogP contribution in [0.15, 0.2) is 60.7 Å². The minimum Gasteiger partial charge on any atom is -0.504 e. The predicted molar refractivity (Wildman–Crippen MR) is 170 cm³/mol. The predicted octanol–water partition coefficient (Wildman–Crippen LogP) is 5.64. The number of carbonyl (C=O) groups excluding carboxylic acids is 1. The molecule has 2 heterocycles. The zero-order valence-corrected chi connectivity index (χ0v) is 26.3. The molecule has 0 aromatic heterocycles. The van der Waals surface area contributed by atoms with Crippen LogP contribution in [0.1, 0.15) is 47.1 Å². The van der Waals surface area contributed by atoms with Gasteiger partial charge in [0.15, 0.2) is 11.5 Å². The van der Waals surface area contributed by atoms with Gasteiger partial charge in [-0.25, -0.2) is 0 Å². The molecule has 1 spiro atoms. The maximum atomic E-state index is 13.5. The number of alkyl halides is 3.